The summed E-state index contributed by atoms with van der Waals surface area (Å²) in [4.78, 5) is 28.2. The molecule has 0 bridgehead atoms. The van der Waals surface area contributed by atoms with E-state index in [1.165, 1.54) is 4.90 Å². The number of H-pyrrole nitrogens is 1. The topological polar surface area (TPSA) is 88.9 Å². The van der Waals surface area contributed by atoms with Crippen LogP contribution >= 0.6 is 0 Å². The predicted octanol–water partition coefficient (Wildman–Crippen LogP) is 2.31. The van der Waals surface area contributed by atoms with Crippen molar-refractivity contribution in [1.29, 1.82) is 5.26 Å². The third-order valence-electron chi connectivity index (χ3n) is 5.15. The highest BCUT2D eigenvalue weighted by molar-refractivity contribution is 6.10. The van der Waals surface area contributed by atoms with Gasteiger partial charge in [0.05, 0.1) is 18.0 Å². The van der Waals surface area contributed by atoms with Crippen LogP contribution in [0.5, 0.6) is 0 Å². The van der Waals surface area contributed by atoms with Crippen molar-refractivity contribution in [3.63, 3.8) is 0 Å². The van der Waals surface area contributed by atoms with E-state index >= 15 is 0 Å². The lowest BCUT2D eigenvalue weighted by Gasteiger charge is -2.34. The zero-order valence-electron chi connectivity index (χ0n) is 14.6. The highest BCUT2D eigenvalue weighted by Gasteiger charge is 2.28. The van der Waals surface area contributed by atoms with Crippen LogP contribution in [0.2, 0.25) is 0 Å². The number of carbonyl (C=O) groups is 1. The molecular weight excluding hydrogens is 328 g/mol. The molecule has 0 atom stereocenters. The van der Waals surface area contributed by atoms with Gasteiger partial charge in [-0.15, -0.1) is 0 Å². The zero-order valence-corrected chi connectivity index (χ0v) is 14.6. The Morgan fingerprint density at radius 3 is 2.96 bits per heavy atom. The van der Waals surface area contributed by atoms with Crippen LogP contribution in [0.25, 0.3) is 21.8 Å². The third kappa shape index (κ3) is 2.73. The Morgan fingerprint density at radius 1 is 1.38 bits per heavy atom. The van der Waals surface area contributed by atoms with E-state index in [1.54, 1.807) is 7.05 Å². The molecule has 3 aromatic rings. The van der Waals surface area contributed by atoms with Gasteiger partial charge >= 0.3 is 0 Å². The molecule has 1 N–H and O–H groups in total. The maximum absolute atomic E-state index is 12.4. The number of pyridine rings is 2. The number of nitriles is 1. The van der Waals surface area contributed by atoms with Crippen LogP contribution in [0.1, 0.15) is 12.8 Å². The van der Waals surface area contributed by atoms with Crippen LogP contribution < -0.4 is 4.90 Å². The second-order valence-electron chi connectivity index (χ2n) is 6.73. The van der Waals surface area contributed by atoms with Gasteiger partial charge in [0.1, 0.15) is 12.2 Å². The summed E-state index contributed by atoms with van der Waals surface area (Å²) in [6.07, 6.45) is 9.05. The molecule has 0 radical (unpaired) electrons. The molecular formula is C19H20N6O. The van der Waals surface area contributed by atoms with Crippen molar-refractivity contribution in [1.82, 2.24) is 19.9 Å². The molecule has 26 heavy (non-hydrogen) atoms. The fourth-order valence-corrected chi connectivity index (χ4v) is 3.76. The summed E-state index contributed by atoms with van der Waals surface area (Å²) < 4.78 is 0. The largest absolute Gasteiger partial charge is 0.370 e. The van der Waals surface area contributed by atoms with Gasteiger partial charge in [0, 0.05) is 60.8 Å². The minimum atomic E-state index is -0.0125. The summed E-state index contributed by atoms with van der Waals surface area (Å²) in [7, 11) is 1.70. The number of fused-ring (bicyclic) bond motifs is 3. The van der Waals surface area contributed by atoms with Crippen LogP contribution in [0.4, 0.5) is 5.69 Å². The molecule has 0 aliphatic carbocycles. The van der Waals surface area contributed by atoms with Crippen molar-refractivity contribution in [2.75, 3.05) is 31.6 Å². The molecule has 132 valence electrons. The number of anilines is 1. The minimum Gasteiger partial charge on any atom is -0.370 e. The van der Waals surface area contributed by atoms with Gasteiger partial charge in [0.2, 0.25) is 5.91 Å². The number of piperidine rings is 1. The van der Waals surface area contributed by atoms with Crippen LogP contribution in [0, 0.1) is 17.2 Å². The molecule has 4 heterocycles. The van der Waals surface area contributed by atoms with Gasteiger partial charge < -0.3 is 14.8 Å². The fourth-order valence-electron chi connectivity index (χ4n) is 3.76. The van der Waals surface area contributed by atoms with E-state index in [0.29, 0.717) is 0 Å². The number of rotatable bonds is 3. The molecule has 0 aromatic carbocycles. The number of nitrogens with zero attached hydrogens (tertiary/aromatic N) is 5. The maximum atomic E-state index is 12.4. The molecule has 1 saturated heterocycles. The monoisotopic (exact) mass is 348 g/mol. The second kappa shape index (κ2) is 6.64. The van der Waals surface area contributed by atoms with Gasteiger partial charge in [-0.3, -0.25) is 9.78 Å². The summed E-state index contributed by atoms with van der Waals surface area (Å²) in [5.74, 6) is 0.0564. The number of amides is 1. The van der Waals surface area contributed by atoms with Gasteiger partial charge in [-0.05, 0) is 18.9 Å². The van der Waals surface area contributed by atoms with Crippen LogP contribution in [-0.2, 0) is 4.79 Å². The van der Waals surface area contributed by atoms with E-state index in [1.807, 2.05) is 36.9 Å². The smallest absolute Gasteiger partial charge is 0.226 e. The van der Waals surface area contributed by atoms with E-state index in [4.69, 9.17) is 5.26 Å². The molecule has 1 aliphatic rings. The Morgan fingerprint density at radius 2 is 2.19 bits per heavy atom. The Balaban J connectivity index is 1.60. The van der Waals surface area contributed by atoms with E-state index in [2.05, 4.69) is 19.9 Å². The molecule has 3 aromatic heterocycles. The van der Waals surface area contributed by atoms with E-state index < -0.39 is 0 Å². The zero-order chi connectivity index (χ0) is 18.1. The average molecular weight is 348 g/mol. The Labute approximate surface area is 151 Å². The molecule has 1 amide bonds. The quantitative estimate of drug-likeness (QED) is 0.734. The van der Waals surface area contributed by atoms with Gasteiger partial charge in [-0.25, -0.2) is 4.98 Å². The van der Waals surface area contributed by atoms with E-state index in [-0.39, 0.29) is 18.4 Å². The first kappa shape index (κ1) is 16.3. The lowest BCUT2D eigenvalue weighted by molar-refractivity contribution is -0.134. The van der Waals surface area contributed by atoms with Gasteiger partial charge in [-0.2, -0.15) is 5.26 Å². The number of hydrogen-bond acceptors (Lipinski definition) is 5. The number of nitrogens with one attached hydrogen (secondary N) is 1. The van der Waals surface area contributed by atoms with Crippen LogP contribution in [0.15, 0.2) is 30.9 Å². The van der Waals surface area contributed by atoms with Crippen LogP contribution in [-0.4, -0.2) is 52.4 Å². The molecule has 4 rings (SSSR count). The molecule has 7 nitrogen and oxygen atoms in total. The number of hydrogen-bond donors (Lipinski definition) is 1. The van der Waals surface area contributed by atoms with Crippen molar-refractivity contribution >= 4 is 33.4 Å². The lowest BCUT2D eigenvalue weighted by Crippen LogP contribution is -2.41. The van der Waals surface area contributed by atoms with Crippen LogP contribution in [0.3, 0.4) is 0 Å². The molecule has 0 spiro atoms. The van der Waals surface area contributed by atoms with Gasteiger partial charge in [0.25, 0.3) is 0 Å². The van der Waals surface area contributed by atoms with Crippen molar-refractivity contribution in [3.8, 4) is 6.07 Å². The van der Waals surface area contributed by atoms with Crippen molar-refractivity contribution in [3.05, 3.63) is 30.9 Å². The first-order chi connectivity index (χ1) is 12.7. The normalized spacial score (nSPS) is 15.3. The Bertz CT molecular complexity index is 996. The predicted molar refractivity (Wildman–Crippen MR) is 99.6 cm³/mol. The fraction of sp³-hybridized carbons (Fsp3) is 0.368. The SMILES string of the molecule is CN(CC#N)C(=O)C1CCN(c2cncc3cnc4[nH]ccc4c23)CC1. The highest BCUT2D eigenvalue weighted by Crippen LogP contribution is 2.33. The molecule has 0 saturated carbocycles. The molecule has 7 heteroatoms. The lowest BCUT2D eigenvalue weighted by atomic mass is 9.94. The highest BCUT2D eigenvalue weighted by atomic mass is 16.2. The summed E-state index contributed by atoms with van der Waals surface area (Å²) in [6, 6.07) is 4.08. The van der Waals surface area contributed by atoms with E-state index in [0.717, 1.165) is 53.4 Å². The van der Waals surface area contributed by atoms with E-state index in [9.17, 15) is 4.79 Å². The van der Waals surface area contributed by atoms with Gasteiger partial charge in [0.15, 0.2) is 0 Å². The first-order valence-electron chi connectivity index (χ1n) is 8.75. The molecule has 0 unspecified atom stereocenters. The third-order valence-corrected chi connectivity index (χ3v) is 5.15. The van der Waals surface area contributed by atoms with Gasteiger partial charge in [-0.1, -0.05) is 0 Å². The molecule has 1 aliphatic heterocycles. The average Bonchev–Trinajstić information content (AvgIpc) is 3.16. The maximum Gasteiger partial charge on any atom is 0.226 e. The number of aromatic amines is 1. The first-order valence-corrected chi connectivity index (χ1v) is 8.75. The minimum absolute atomic E-state index is 0.0125. The summed E-state index contributed by atoms with van der Waals surface area (Å²) >= 11 is 0. The number of carbonyl (C=O) groups excluding carboxylic acids is 1. The Kier molecular flexibility index (Phi) is 4.17. The molecule has 1 fully saturated rings. The van der Waals surface area contributed by atoms with Crippen molar-refractivity contribution in [2.45, 2.75) is 12.8 Å². The van der Waals surface area contributed by atoms with Crippen molar-refractivity contribution < 1.29 is 4.79 Å². The Hall–Kier alpha value is -3.14. The number of aromatic nitrogens is 3. The summed E-state index contributed by atoms with van der Waals surface area (Å²) in [5.41, 5.74) is 1.96. The van der Waals surface area contributed by atoms with Crippen molar-refractivity contribution in [2.24, 2.45) is 5.92 Å². The standard InChI is InChI=1S/C19H20N6O/c1-24(9-5-20)19(26)13-3-7-25(8-4-13)16-12-21-10-14-11-23-18-15(17(14)16)2-6-22-18/h2,6,10-13H,3-4,7-9H2,1H3,(H,22,23). The summed E-state index contributed by atoms with van der Waals surface area (Å²) in [5, 5.41) is 12.0. The summed E-state index contributed by atoms with van der Waals surface area (Å²) in [6.45, 7) is 1.74. The second-order valence-corrected chi connectivity index (χ2v) is 6.73.